The Hall–Kier alpha value is -5.94. The summed E-state index contributed by atoms with van der Waals surface area (Å²) in [4.78, 5) is 10.3. The summed E-state index contributed by atoms with van der Waals surface area (Å²) >= 11 is 0. The molecule has 1 atom stereocenters. The second kappa shape index (κ2) is 9.82. The summed E-state index contributed by atoms with van der Waals surface area (Å²) in [5.41, 5.74) is 8.46. The van der Waals surface area contributed by atoms with Gasteiger partial charge in [-0.05, 0) is 47.5 Å². The largest absolute Gasteiger partial charge is 0.456 e. The molecule has 0 aliphatic carbocycles. The molecule has 1 unspecified atom stereocenters. The van der Waals surface area contributed by atoms with Gasteiger partial charge in [-0.1, -0.05) is 103 Å². The third-order valence-corrected chi connectivity index (χ3v) is 8.36. The Morgan fingerprint density at radius 1 is 0.523 bits per heavy atom. The van der Waals surface area contributed by atoms with Crippen molar-refractivity contribution in [3.8, 4) is 11.1 Å². The molecule has 0 bridgehead atoms. The monoisotopic (exact) mass is 567 g/mol. The Labute approximate surface area is 252 Å². The number of benzene rings is 6. The fourth-order valence-electron chi connectivity index (χ4n) is 6.25. The summed E-state index contributed by atoms with van der Waals surface area (Å²) in [6.45, 7) is 0. The third-order valence-electron chi connectivity index (χ3n) is 8.36. The molecule has 9 rings (SSSR count). The fraction of sp³-hybridized carbons (Fsp3) is 0.0256. The molecule has 0 spiro atoms. The highest BCUT2D eigenvalue weighted by atomic mass is 16.3. The molecule has 0 radical (unpaired) electrons. The molecular formula is C39H25N3O2. The molecule has 0 amide bonds. The average Bonchev–Trinajstić information content (AvgIpc) is 3.67. The minimum absolute atomic E-state index is 0.288. The lowest BCUT2D eigenvalue weighted by atomic mass is 9.96. The standard InChI is InChI=1S/C39H25N3O2/c1-3-11-24(12-4-1)37-40-38(25-13-5-2-6-14-25)42-39(41-37)30-21-20-27(36-35(30)29-16-8-10-18-33(29)44-36)26-19-22-34-31(23-26)28-15-7-9-17-32(28)43-34/h1-23,37H,(H,40,41,42). The van der Waals surface area contributed by atoms with E-state index in [-0.39, 0.29) is 6.17 Å². The summed E-state index contributed by atoms with van der Waals surface area (Å²) < 4.78 is 12.7. The van der Waals surface area contributed by atoms with Gasteiger partial charge in [0.25, 0.3) is 0 Å². The van der Waals surface area contributed by atoms with E-state index in [4.69, 9.17) is 18.8 Å². The van der Waals surface area contributed by atoms with E-state index in [1.165, 1.54) is 0 Å². The van der Waals surface area contributed by atoms with Crippen molar-refractivity contribution in [1.29, 1.82) is 0 Å². The summed E-state index contributed by atoms with van der Waals surface area (Å²) in [5.74, 6) is 1.45. The number of para-hydroxylation sites is 2. The van der Waals surface area contributed by atoms with Gasteiger partial charge in [-0.2, -0.15) is 0 Å². The second-order valence-electron chi connectivity index (χ2n) is 11.0. The molecule has 8 aromatic rings. The number of nitrogens with zero attached hydrogens (tertiary/aromatic N) is 2. The number of amidine groups is 2. The van der Waals surface area contributed by atoms with E-state index in [1.54, 1.807) is 0 Å². The maximum atomic E-state index is 6.63. The van der Waals surface area contributed by atoms with Crippen molar-refractivity contribution >= 4 is 55.5 Å². The maximum absolute atomic E-state index is 6.63. The molecule has 1 N–H and O–H groups in total. The van der Waals surface area contributed by atoms with Gasteiger partial charge in [0.1, 0.15) is 34.3 Å². The van der Waals surface area contributed by atoms with Gasteiger partial charge in [0.05, 0.1) is 0 Å². The first-order valence-electron chi connectivity index (χ1n) is 14.7. The highest BCUT2D eigenvalue weighted by Gasteiger charge is 2.25. The predicted octanol–water partition coefficient (Wildman–Crippen LogP) is 9.65. The van der Waals surface area contributed by atoms with E-state index in [0.717, 1.165) is 77.5 Å². The van der Waals surface area contributed by atoms with E-state index in [1.807, 2.05) is 78.9 Å². The number of nitrogens with one attached hydrogen (secondary N) is 1. The molecule has 6 aromatic carbocycles. The zero-order chi connectivity index (χ0) is 29.0. The third kappa shape index (κ3) is 3.94. The van der Waals surface area contributed by atoms with Crippen LogP contribution in [0.3, 0.4) is 0 Å². The predicted molar refractivity (Wildman–Crippen MR) is 178 cm³/mol. The normalized spacial score (nSPS) is 15.0. The topological polar surface area (TPSA) is 63.0 Å². The van der Waals surface area contributed by atoms with E-state index in [0.29, 0.717) is 5.84 Å². The molecule has 2 aromatic heterocycles. The fourth-order valence-corrected chi connectivity index (χ4v) is 6.25. The van der Waals surface area contributed by atoms with Crippen LogP contribution < -0.4 is 5.32 Å². The quantitative estimate of drug-likeness (QED) is 0.230. The van der Waals surface area contributed by atoms with Crippen molar-refractivity contribution in [3.05, 3.63) is 156 Å². The van der Waals surface area contributed by atoms with Crippen LogP contribution in [0.4, 0.5) is 0 Å². The van der Waals surface area contributed by atoms with E-state index in [2.05, 4.69) is 66.0 Å². The maximum Gasteiger partial charge on any atom is 0.160 e. The number of rotatable bonds is 4. The van der Waals surface area contributed by atoms with Crippen LogP contribution in [0.25, 0.3) is 55.0 Å². The second-order valence-corrected chi connectivity index (χ2v) is 11.0. The number of hydrogen-bond acceptors (Lipinski definition) is 5. The Kier molecular flexibility index (Phi) is 5.50. The van der Waals surface area contributed by atoms with Gasteiger partial charge >= 0.3 is 0 Å². The summed E-state index contributed by atoms with van der Waals surface area (Å²) in [6, 6.07) is 47.4. The highest BCUT2D eigenvalue weighted by molar-refractivity contribution is 6.23. The van der Waals surface area contributed by atoms with Crippen molar-refractivity contribution in [2.24, 2.45) is 9.98 Å². The zero-order valence-electron chi connectivity index (χ0n) is 23.6. The molecule has 44 heavy (non-hydrogen) atoms. The average molecular weight is 568 g/mol. The van der Waals surface area contributed by atoms with Crippen LogP contribution in [0.15, 0.2) is 158 Å². The first-order chi connectivity index (χ1) is 21.8. The van der Waals surface area contributed by atoms with Gasteiger partial charge in [-0.3, -0.25) is 0 Å². The van der Waals surface area contributed by atoms with Crippen LogP contribution in [0.5, 0.6) is 0 Å². The minimum Gasteiger partial charge on any atom is -0.456 e. The van der Waals surface area contributed by atoms with Crippen molar-refractivity contribution in [2.75, 3.05) is 0 Å². The van der Waals surface area contributed by atoms with Crippen LogP contribution in [0.2, 0.25) is 0 Å². The minimum atomic E-state index is -0.288. The lowest BCUT2D eigenvalue weighted by molar-refractivity contribution is 0.668. The Bertz CT molecular complexity index is 2420. The van der Waals surface area contributed by atoms with Crippen LogP contribution in [0, 0.1) is 0 Å². The lowest BCUT2D eigenvalue weighted by Gasteiger charge is -2.24. The zero-order valence-corrected chi connectivity index (χ0v) is 23.6. The summed E-state index contributed by atoms with van der Waals surface area (Å²) in [7, 11) is 0. The molecule has 0 fully saturated rings. The van der Waals surface area contributed by atoms with Gasteiger partial charge < -0.3 is 14.2 Å². The summed E-state index contributed by atoms with van der Waals surface area (Å²) in [6.07, 6.45) is -0.288. The number of fused-ring (bicyclic) bond motifs is 6. The Morgan fingerprint density at radius 3 is 2.00 bits per heavy atom. The number of hydrogen-bond donors (Lipinski definition) is 1. The summed E-state index contributed by atoms with van der Waals surface area (Å²) in [5, 5.41) is 7.77. The van der Waals surface area contributed by atoms with Crippen LogP contribution in [-0.4, -0.2) is 11.7 Å². The van der Waals surface area contributed by atoms with Crippen molar-refractivity contribution < 1.29 is 8.83 Å². The van der Waals surface area contributed by atoms with Gasteiger partial charge in [-0.15, -0.1) is 0 Å². The van der Waals surface area contributed by atoms with Crippen molar-refractivity contribution in [2.45, 2.75) is 6.17 Å². The van der Waals surface area contributed by atoms with Gasteiger partial charge in [-0.25, -0.2) is 9.98 Å². The van der Waals surface area contributed by atoms with Crippen molar-refractivity contribution in [1.82, 2.24) is 5.32 Å². The number of furan rings is 2. The first kappa shape index (κ1) is 24.6. The van der Waals surface area contributed by atoms with Gasteiger partial charge in [0, 0.05) is 38.2 Å². The molecule has 5 nitrogen and oxygen atoms in total. The molecule has 0 saturated carbocycles. The molecule has 3 heterocycles. The van der Waals surface area contributed by atoms with E-state index in [9.17, 15) is 0 Å². The van der Waals surface area contributed by atoms with Crippen molar-refractivity contribution in [3.63, 3.8) is 0 Å². The van der Waals surface area contributed by atoms with E-state index >= 15 is 0 Å². The lowest BCUT2D eigenvalue weighted by Crippen LogP contribution is -2.33. The van der Waals surface area contributed by atoms with E-state index < -0.39 is 0 Å². The molecular weight excluding hydrogens is 542 g/mol. The molecule has 208 valence electrons. The Morgan fingerprint density at radius 2 is 1.18 bits per heavy atom. The Balaban J connectivity index is 1.28. The SMILES string of the molecule is c1ccc(C2=NC(c3ccc(-c4ccc5oc6ccccc6c5c4)c4oc5ccccc5c34)=NC(c3ccccc3)N2)cc1. The van der Waals surface area contributed by atoms with Crippen LogP contribution in [0.1, 0.15) is 22.9 Å². The van der Waals surface area contributed by atoms with Crippen LogP contribution in [-0.2, 0) is 0 Å². The first-order valence-corrected chi connectivity index (χ1v) is 14.7. The van der Waals surface area contributed by atoms with Gasteiger partial charge in [0.15, 0.2) is 5.84 Å². The molecule has 0 saturated heterocycles. The molecule has 5 heteroatoms. The number of aliphatic imine (C=N–C) groups is 2. The highest BCUT2D eigenvalue weighted by Crippen LogP contribution is 2.40. The molecule has 1 aliphatic rings. The molecule has 1 aliphatic heterocycles. The smallest absolute Gasteiger partial charge is 0.160 e. The van der Waals surface area contributed by atoms with Gasteiger partial charge in [0.2, 0.25) is 0 Å². The van der Waals surface area contributed by atoms with Crippen LogP contribution >= 0.6 is 0 Å².